The maximum Gasteiger partial charge on any atom is 0.469 e. The second-order valence-electron chi connectivity index (χ2n) is 8.76. The fraction of sp³-hybridized carbons (Fsp3) is 0.562. The Morgan fingerprint density at radius 1 is 0.683 bits per heavy atom. The van der Waals surface area contributed by atoms with Gasteiger partial charge in [0.2, 0.25) is 0 Å². The maximum absolute atomic E-state index is 12.2. The van der Waals surface area contributed by atoms with Crippen LogP contribution in [0, 0.1) is 71.0 Å². The summed E-state index contributed by atoms with van der Waals surface area (Å²) in [6, 6.07) is 0. The number of carbonyl (C=O) groups is 2. The van der Waals surface area contributed by atoms with Gasteiger partial charge in [0, 0.05) is 12.3 Å². The normalized spacial score (nSPS) is 10.0. The van der Waals surface area contributed by atoms with Crippen LogP contribution in [0.3, 0.4) is 0 Å². The molecule has 220 valence electrons. The highest BCUT2D eigenvalue weighted by Crippen LogP contribution is 2.35. The van der Waals surface area contributed by atoms with E-state index >= 15 is 0 Å². The zero-order valence-corrected chi connectivity index (χ0v) is 24.9. The van der Waals surface area contributed by atoms with E-state index in [0.29, 0.717) is 6.42 Å². The van der Waals surface area contributed by atoms with Gasteiger partial charge < -0.3 is 19.3 Å². The average Bonchev–Trinajstić information content (AvgIpc) is 2.93. The molecule has 0 bridgehead atoms. The molecule has 2 N–H and O–H groups in total. The Hall–Kier alpha value is -3.59. The molecule has 0 aromatic carbocycles. The van der Waals surface area contributed by atoms with Gasteiger partial charge in [-0.1, -0.05) is 83.5 Å². The van der Waals surface area contributed by atoms with E-state index in [4.69, 9.17) is 19.3 Å². The van der Waals surface area contributed by atoms with Crippen molar-refractivity contribution in [2.24, 2.45) is 0 Å². The van der Waals surface area contributed by atoms with E-state index in [1.54, 1.807) is 6.92 Å². The topological polar surface area (TPSA) is 119 Å². The molecule has 0 unspecified atom stereocenters. The Morgan fingerprint density at radius 3 is 1.63 bits per heavy atom. The minimum Gasteiger partial charge on any atom is -0.456 e. The van der Waals surface area contributed by atoms with Crippen molar-refractivity contribution in [2.75, 3.05) is 13.2 Å². The van der Waals surface area contributed by atoms with Crippen LogP contribution in [0.5, 0.6) is 0 Å². The van der Waals surface area contributed by atoms with E-state index in [-0.39, 0.29) is 6.42 Å². The summed E-state index contributed by atoms with van der Waals surface area (Å²) >= 11 is 0. The third kappa shape index (κ3) is 29.2. The first-order valence-electron chi connectivity index (χ1n) is 13.8. The Balaban J connectivity index is 4.42. The van der Waals surface area contributed by atoms with Crippen molar-refractivity contribution < 1.29 is 37.9 Å². The number of unbranched alkanes of at least 4 members (excludes halogenated alkanes) is 11. The van der Waals surface area contributed by atoms with Crippen LogP contribution < -0.4 is 0 Å². The number of hydrogen-bond donors (Lipinski definition) is 2. The van der Waals surface area contributed by atoms with E-state index in [0.717, 1.165) is 19.3 Å². The molecule has 0 saturated carbocycles. The zero-order chi connectivity index (χ0) is 30.4. The van der Waals surface area contributed by atoms with Crippen LogP contribution in [-0.4, -0.2) is 41.0 Å². The lowest BCUT2D eigenvalue weighted by molar-refractivity contribution is -0.158. The van der Waals surface area contributed by atoms with E-state index in [9.17, 15) is 14.2 Å². The van der Waals surface area contributed by atoms with Gasteiger partial charge in [0.05, 0.1) is 6.61 Å². The number of carbonyl (C=O) groups excluding carboxylic acids is 2. The van der Waals surface area contributed by atoms with Crippen LogP contribution >= 0.6 is 7.82 Å². The molecule has 9 heteroatoms. The summed E-state index contributed by atoms with van der Waals surface area (Å²) in [5.41, 5.74) is 0. The van der Waals surface area contributed by atoms with Crippen molar-refractivity contribution in [1.82, 2.24) is 0 Å². The minimum absolute atomic E-state index is 0.137. The van der Waals surface area contributed by atoms with Crippen molar-refractivity contribution in [3.8, 4) is 71.0 Å². The number of phosphoric acid groups is 1. The molecule has 0 radical (unpaired) electrons. The molecule has 0 fully saturated rings. The highest BCUT2D eigenvalue weighted by atomic mass is 31.2. The molecule has 0 heterocycles. The molecule has 0 aromatic rings. The summed E-state index contributed by atoms with van der Waals surface area (Å²) in [6.07, 6.45) is 12.8. The third-order valence-electron chi connectivity index (χ3n) is 5.21. The fourth-order valence-corrected chi connectivity index (χ4v) is 3.61. The molecule has 0 spiro atoms. The van der Waals surface area contributed by atoms with Gasteiger partial charge in [-0.25, -0.2) is 9.36 Å². The number of ether oxygens (including phenoxy) is 2. The van der Waals surface area contributed by atoms with Gasteiger partial charge >= 0.3 is 19.8 Å². The van der Waals surface area contributed by atoms with E-state index < -0.39 is 39.1 Å². The Kier molecular flexibility index (Phi) is 24.3. The van der Waals surface area contributed by atoms with Gasteiger partial charge in [0.25, 0.3) is 0 Å². The molecular weight excluding hydrogens is 543 g/mol. The first kappa shape index (κ1) is 37.4. The molecule has 0 aromatic heterocycles. The van der Waals surface area contributed by atoms with Crippen molar-refractivity contribution in [3.05, 3.63) is 0 Å². The van der Waals surface area contributed by atoms with Gasteiger partial charge in [0.15, 0.2) is 6.10 Å². The van der Waals surface area contributed by atoms with Gasteiger partial charge in [-0.3, -0.25) is 9.32 Å². The molecule has 0 rings (SSSR count). The standard InChI is InChI=1S/C32H39O8P/c1-3-5-7-9-11-13-15-17-19-21-23-25-27-32(34)40-30(29-39-41(35,36)37)28-38-31(33)26-24-22-20-18-16-14-12-10-8-6-4-2/h30H,3,5,7,9,11,13,15,17,19,21,23,25,27-29H2,1-2H3,(H2,35,36,37)/t30-/m0/s1. The lowest BCUT2D eigenvalue weighted by Crippen LogP contribution is -2.29. The van der Waals surface area contributed by atoms with Crippen molar-refractivity contribution in [2.45, 2.75) is 103 Å². The molecule has 0 aliphatic carbocycles. The Labute approximate surface area is 245 Å². The van der Waals surface area contributed by atoms with Crippen LogP contribution in [0.15, 0.2) is 0 Å². The summed E-state index contributed by atoms with van der Waals surface area (Å²) in [4.78, 5) is 41.9. The molecule has 41 heavy (non-hydrogen) atoms. The summed E-state index contributed by atoms with van der Waals surface area (Å²) in [7, 11) is -4.81. The first-order valence-corrected chi connectivity index (χ1v) is 15.3. The number of rotatable bonds is 19. The van der Waals surface area contributed by atoms with Gasteiger partial charge in [-0.05, 0) is 72.5 Å². The highest BCUT2D eigenvalue weighted by Gasteiger charge is 2.22. The first-order chi connectivity index (χ1) is 19.8. The highest BCUT2D eigenvalue weighted by molar-refractivity contribution is 7.46. The van der Waals surface area contributed by atoms with E-state index in [1.165, 1.54) is 51.4 Å². The van der Waals surface area contributed by atoms with E-state index in [2.05, 4.69) is 82.5 Å². The van der Waals surface area contributed by atoms with Crippen molar-refractivity contribution >= 4 is 19.8 Å². The van der Waals surface area contributed by atoms with Crippen molar-refractivity contribution in [1.29, 1.82) is 0 Å². The lowest BCUT2D eigenvalue weighted by atomic mass is 10.0. The van der Waals surface area contributed by atoms with Gasteiger partial charge in [-0.2, -0.15) is 0 Å². The van der Waals surface area contributed by atoms with Gasteiger partial charge in [-0.15, -0.1) is 0 Å². The predicted molar refractivity (Wildman–Crippen MR) is 157 cm³/mol. The molecule has 0 saturated heterocycles. The minimum atomic E-state index is -4.81. The predicted octanol–water partition coefficient (Wildman–Crippen LogP) is 4.68. The SMILES string of the molecule is CC#CC#CC#CC#CC#CC#CC(=O)OC[C@@H](COP(=O)(O)O)OC(=O)CCCCCCCCCCCCCC. The number of phosphoric ester groups is 1. The molecular formula is C32H39O8P. The Morgan fingerprint density at radius 2 is 1.15 bits per heavy atom. The fourth-order valence-electron chi connectivity index (χ4n) is 3.25. The van der Waals surface area contributed by atoms with Crippen LogP contribution in [0.4, 0.5) is 0 Å². The number of hydrogen-bond acceptors (Lipinski definition) is 6. The monoisotopic (exact) mass is 582 g/mol. The summed E-state index contributed by atoms with van der Waals surface area (Å²) < 4.78 is 25.6. The second kappa shape index (κ2) is 26.6. The quantitative estimate of drug-likeness (QED) is 0.0741. The second-order valence-corrected chi connectivity index (χ2v) is 10.0. The maximum atomic E-state index is 12.2. The molecule has 0 amide bonds. The smallest absolute Gasteiger partial charge is 0.456 e. The summed E-state index contributed by atoms with van der Waals surface area (Å²) in [6.45, 7) is 2.72. The average molecular weight is 583 g/mol. The summed E-state index contributed by atoms with van der Waals surface area (Å²) in [5.74, 6) is 27.3. The number of esters is 2. The van der Waals surface area contributed by atoms with Gasteiger partial charge in [0.1, 0.15) is 6.61 Å². The lowest BCUT2D eigenvalue weighted by Gasteiger charge is -2.17. The largest absolute Gasteiger partial charge is 0.469 e. The molecule has 0 aliphatic heterocycles. The third-order valence-corrected chi connectivity index (χ3v) is 5.70. The van der Waals surface area contributed by atoms with Crippen LogP contribution in [0.2, 0.25) is 0 Å². The van der Waals surface area contributed by atoms with Crippen LogP contribution in [0.1, 0.15) is 97.3 Å². The van der Waals surface area contributed by atoms with Crippen molar-refractivity contribution in [3.63, 3.8) is 0 Å². The van der Waals surface area contributed by atoms with Crippen LogP contribution in [-0.2, 0) is 28.2 Å². The Bertz CT molecular complexity index is 1210. The van der Waals surface area contributed by atoms with E-state index in [1.807, 2.05) is 0 Å². The molecule has 1 atom stereocenters. The summed E-state index contributed by atoms with van der Waals surface area (Å²) in [5, 5.41) is 0. The van der Waals surface area contributed by atoms with Crippen LogP contribution in [0.25, 0.3) is 0 Å². The molecule has 0 aliphatic rings. The molecule has 8 nitrogen and oxygen atoms in total. The zero-order valence-electron chi connectivity index (χ0n) is 24.0.